The Balaban J connectivity index is 1.13. The van der Waals surface area contributed by atoms with Gasteiger partial charge in [-0.1, -0.05) is 12.5 Å². The fourth-order valence-corrected chi connectivity index (χ4v) is 6.08. The van der Waals surface area contributed by atoms with Crippen LogP contribution in [0.1, 0.15) is 49.4 Å². The Morgan fingerprint density at radius 2 is 1.76 bits per heavy atom. The molecule has 2 heterocycles. The molecule has 0 unspecified atom stereocenters. The summed E-state index contributed by atoms with van der Waals surface area (Å²) in [4.78, 5) is 59.2. The molecular formula is C28H41N5O8S. The summed E-state index contributed by atoms with van der Waals surface area (Å²) in [5, 5.41) is 14.6. The van der Waals surface area contributed by atoms with Crippen LogP contribution in [0.2, 0.25) is 0 Å². The van der Waals surface area contributed by atoms with Crippen LogP contribution in [-0.2, 0) is 23.9 Å². The van der Waals surface area contributed by atoms with E-state index < -0.39 is 5.97 Å². The number of thioether (sulfide) groups is 1. The molecule has 0 spiro atoms. The van der Waals surface area contributed by atoms with Crippen LogP contribution in [0.15, 0.2) is 24.3 Å². The van der Waals surface area contributed by atoms with Gasteiger partial charge in [-0.05, 0) is 38.0 Å². The number of nitrogens with one attached hydrogen (secondary N) is 5. The van der Waals surface area contributed by atoms with Gasteiger partial charge in [0.15, 0.2) is 6.61 Å². The predicted octanol–water partition coefficient (Wildman–Crippen LogP) is 0.723. The van der Waals surface area contributed by atoms with Crippen molar-refractivity contribution in [2.75, 3.05) is 51.8 Å². The fraction of sp³-hybridized carbons (Fsp3) is 0.607. The highest BCUT2D eigenvalue weighted by Crippen LogP contribution is 2.33. The number of hydrogen-bond acceptors (Lipinski definition) is 9. The highest BCUT2D eigenvalue weighted by molar-refractivity contribution is 8.00. The molecule has 0 aliphatic carbocycles. The number of carbonyl (C=O) groups is 5. The van der Waals surface area contributed by atoms with Crippen molar-refractivity contribution in [3.63, 3.8) is 0 Å². The second-order valence-electron chi connectivity index (χ2n) is 9.81. The lowest BCUT2D eigenvalue weighted by Crippen LogP contribution is -2.36. The molecule has 13 nitrogen and oxygen atoms in total. The molecule has 0 aromatic heterocycles. The van der Waals surface area contributed by atoms with Crippen molar-refractivity contribution in [3.05, 3.63) is 29.8 Å². The van der Waals surface area contributed by atoms with Crippen LogP contribution in [0.25, 0.3) is 0 Å². The Bertz CT molecular complexity index is 1070. The smallest absolute Gasteiger partial charge is 0.344 e. The summed E-state index contributed by atoms with van der Waals surface area (Å²) in [5.74, 6) is 0.248. The van der Waals surface area contributed by atoms with E-state index in [-0.39, 0.29) is 75.2 Å². The molecule has 3 rings (SSSR count). The molecule has 1 aromatic carbocycles. The van der Waals surface area contributed by atoms with Gasteiger partial charge >= 0.3 is 12.0 Å². The second kappa shape index (κ2) is 18.1. The Morgan fingerprint density at radius 1 is 0.976 bits per heavy atom. The van der Waals surface area contributed by atoms with Crippen LogP contribution in [0, 0.1) is 0 Å². The Hall–Kier alpha value is -3.52. The number of ether oxygens (including phenoxy) is 3. The summed E-state index contributed by atoms with van der Waals surface area (Å²) in [6, 6.07) is 6.75. The molecule has 232 valence electrons. The number of rotatable bonds is 19. The fourth-order valence-electron chi connectivity index (χ4n) is 4.53. The van der Waals surface area contributed by atoms with Crippen molar-refractivity contribution in [2.24, 2.45) is 0 Å². The van der Waals surface area contributed by atoms with E-state index in [4.69, 9.17) is 14.2 Å². The molecule has 2 fully saturated rings. The number of carbonyl (C=O) groups excluding carboxylic acids is 5. The zero-order valence-corrected chi connectivity index (χ0v) is 24.7. The van der Waals surface area contributed by atoms with E-state index in [1.54, 1.807) is 25.1 Å². The van der Waals surface area contributed by atoms with Gasteiger partial charge in [-0.15, -0.1) is 0 Å². The van der Waals surface area contributed by atoms with Gasteiger partial charge in [-0.2, -0.15) is 11.8 Å². The van der Waals surface area contributed by atoms with Crippen LogP contribution in [0.3, 0.4) is 0 Å². The average Bonchev–Trinajstić information content (AvgIpc) is 3.53. The second-order valence-corrected chi connectivity index (χ2v) is 11.1. The van der Waals surface area contributed by atoms with Gasteiger partial charge < -0.3 is 40.8 Å². The predicted molar refractivity (Wildman–Crippen MR) is 156 cm³/mol. The minimum Gasteiger partial charge on any atom is -0.482 e. The summed E-state index contributed by atoms with van der Waals surface area (Å²) in [6.07, 6.45) is 3.31. The van der Waals surface area contributed by atoms with E-state index in [0.29, 0.717) is 36.1 Å². The number of fused-ring (bicyclic) bond motifs is 1. The highest BCUT2D eigenvalue weighted by atomic mass is 32.2. The lowest BCUT2D eigenvalue weighted by atomic mass is 10.0. The summed E-state index contributed by atoms with van der Waals surface area (Å²) < 4.78 is 15.6. The maximum atomic E-state index is 12.3. The molecule has 2 saturated heterocycles. The first-order chi connectivity index (χ1) is 20.4. The van der Waals surface area contributed by atoms with Crippen molar-refractivity contribution in [3.8, 4) is 5.75 Å². The van der Waals surface area contributed by atoms with Crippen LogP contribution in [0.4, 0.5) is 4.79 Å². The number of esters is 1. The third kappa shape index (κ3) is 11.8. The van der Waals surface area contributed by atoms with E-state index in [0.717, 1.165) is 25.0 Å². The summed E-state index contributed by atoms with van der Waals surface area (Å²) in [7, 11) is 0. The molecule has 2 aliphatic heterocycles. The quantitative estimate of drug-likeness (QED) is 0.0863. The number of urea groups is 1. The summed E-state index contributed by atoms with van der Waals surface area (Å²) in [5.41, 5.74) is 0.363. The highest BCUT2D eigenvalue weighted by Gasteiger charge is 2.42. The average molecular weight is 608 g/mol. The first-order valence-electron chi connectivity index (χ1n) is 14.3. The number of unbranched alkanes of at least 4 members (excludes halogenated alkanes) is 1. The topological polar surface area (TPSA) is 173 Å². The van der Waals surface area contributed by atoms with Gasteiger partial charge in [0.1, 0.15) is 5.75 Å². The molecule has 42 heavy (non-hydrogen) atoms. The first kappa shape index (κ1) is 33.0. The van der Waals surface area contributed by atoms with Crippen molar-refractivity contribution < 1.29 is 38.2 Å². The maximum Gasteiger partial charge on any atom is 0.344 e. The van der Waals surface area contributed by atoms with E-state index in [1.807, 2.05) is 11.8 Å². The van der Waals surface area contributed by atoms with Crippen LogP contribution in [-0.4, -0.2) is 98.9 Å². The summed E-state index contributed by atoms with van der Waals surface area (Å²) in [6.45, 7) is 3.13. The molecule has 2 aliphatic rings. The zero-order valence-electron chi connectivity index (χ0n) is 23.9. The number of hydrogen-bond donors (Lipinski definition) is 5. The van der Waals surface area contributed by atoms with Crippen molar-refractivity contribution in [1.82, 2.24) is 26.6 Å². The van der Waals surface area contributed by atoms with Crippen LogP contribution in [0.5, 0.6) is 5.75 Å². The van der Waals surface area contributed by atoms with Gasteiger partial charge in [0.25, 0.3) is 5.91 Å². The van der Waals surface area contributed by atoms with E-state index in [9.17, 15) is 24.0 Å². The molecule has 3 atom stereocenters. The number of benzene rings is 1. The molecule has 0 saturated carbocycles. The van der Waals surface area contributed by atoms with Crippen molar-refractivity contribution in [1.29, 1.82) is 0 Å². The lowest BCUT2D eigenvalue weighted by Gasteiger charge is -2.16. The minimum absolute atomic E-state index is 0.0258. The summed E-state index contributed by atoms with van der Waals surface area (Å²) >= 11 is 1.87. The van der Waals surface area contributed by atoms with Gasteiger partial charge in [-0.25, -0.2) is 9.59 Å². The monoisotopic (exact) mass is 607 g/mol. The minimum atomic E-state index is -0.490. The largest absolute Gasteiger partial charge is 0.482 e. The first-order valence-corrected chi connectivity index (χ1v) is 15.4. The molecule has 5 N–H and O–H groups in total. The molecule has 5 amide bonds. The van der Waals surface area contributed by atoms with Gasteiger partial charge in [0.2, 0.25) is 11.8 Å². The van der Waals surface area contributed by atoms with E-state index in [1.165, 1.54) is 6.07 Å². The SMILES string of the molecule is CCOC(=O)COc1cccc(C(=O)NCCNC(=O)CCOCCNC(=O)CCCC[C@@H]2SC[C@@H]3NC(=O)N[C@@H]32)c1. The van der Waals surface area contributed by atoms with Crippen LogP contribution < -0.4 is 31.3 Å². The van der Waals surface area contributed by atoms with Gasteiger partial charge in [-0.3, -0.25) is 14.4 Å². The Morgan fingerprint density at radius 3 is 2.60 bits per heavy atom. The third-order valence-corrected chi connectivity index (χ3v) is 8.12. The lowest BCUT2D eigenvalue weighted by molar-refractivity contribution is -0.145. The van der Waals surface area contributed by atoms with E-state index in [2.05, 4.69) is 26.6 Å². The zero-order chi connectivity index (χ0) is 30.2. The molecule has 0 bridgehead atoms. The molecule has 0 radical (unpaired) electrons. The molecule has 14 heteroatoms. The Labute approximate surface area is 249 Å². The molecule has 1 aromatic rings. The molecular weight excluding hydrogens is 566 g/mol. The van der Waals surface area contributed by atoms with Gasteiger partial charge in [0, 0.05) is 49.0 Å². The van der Waals surface area contributed by atoms with Crippen molar-refractivity contribution >= 4 is 41.5 Å². The van der Waals surface area contributed by atoms with Crippen LogP contribution >= 0.6 is 11.8 Å². The Kier molecular flexibility index (Phi) is 14.2. The van der Waals surface area contributed by atoms with Crippen molar-refractivity contribution in [2.45, 2.75) is 56.4 Å². The maximum absolute atomic E-state index is 12.3. The van der Waals surface area contributed by atoms with E-state index >= 15 is 0 Å². The van der Waals surface area contributed by atoms with Gasteiger partial charge in [0.05, 0.1) is 31.9 Å². The standard InChI is InChI=1S/C28H41N5O8S/c1-2-40-25(36)17-41-20-7-5-6-19(16-20)27(37)31-12-11-29-24(35)10-14-39-15-13-30-23(34)9-4-3-8-22-26-21(18-42-22)32-28(38)33-26/h5-7,16,21-22,26H,2-4,8-15,17-18H2,1H3,(H,29,35)(H,30,34)(H,31,37)(H2,32,33,38)/t21-,22-,26-/m0/s1. The normalized spacial score (nSPS) is 18.8. The third-order valence-electron chi connectivity index (χ3n) is 6.61. The number of amides is 5.